The maximum absolute atomic E-state index is 10.7. The van der Waals surface area contributed by atoms with Gasteiger partial charge < -0.3 is 5.11 Å². The van der Waals surface area contributed by atoms with E-state index in [4.69, 9.17) is 16.7 Å². The average Bonchev–Trinajstić information content (AvgIpc) is 2.95. The van der Waals surface area contributed by atoms with Gasteiger partial charge in [-0.1, -0.05) is 17.7 Å². The van der Waals surface area contributed by atoms with Gasteiger partial charge in [0.15, 0.2) is 5.65 Å². The van der Waals surface area contributed by atoms with E-state index < -0.39 is 5.97 Å². The van der Waals surface area contributed by atoms with E-state index in [0.29, 0.717) is 16.5 Å². The zero-order chi connectivity index (χ0) is 13.4. The molecule has 5 nitrogen and oxygen atoms in total. The van der Waals surface area contributed by atoms with Crippen LogP contribution < -0.4 is 0 Å². The molecule has 3 aromatic heterocycles. The number of hydrogen-bond donors (Lipinski definition) is 1. The van der Waals surface area contributed by atoms with Gasteiger partial charge in [0.05, 0.1) is 17.0 Å². The molecule has 3 heterocycles. The third-order valence-electron chi connectivity index (χ3n) is 2.54. The summed E-state index contributed by atoms with van der Waals surface area (Å²) >= 11 is 7.66. The van der Waals surface area contributed by atoms with Crippen LogP contribution in [0.2, 0.25) is 5.15 Å². The van der Waals surface area contributed by atoms with Crippen molar-refractivity contribution in [2.45, 2.75) is 6.42 Å². The summed E-state index contributed by atoms with van der Waals surface area (Å²) in [5.41, 5.74) is 1.74. The van der Waals surface area contributed by atoms with Gasteiger partial charge in [-0.2, -0.15) is 5.10 Å². The van der Waals surface area contributed by atoms with E-state index in [1.807, 2.05) is 17.5 Å². The predicted molar refractivity (Wildman–Crippen MR) is 72.6 cm³/mol. The minimum Gasteiger partial charge on any atom is -0.481 e. The lowest BCUT2D eigenvalue weighted by Crippen LogP contribution is -2.04. The molecule has 0 fully saturated rings. The number of hydrogen-bond acceptors (Lipinski definition) is 4. The number of carboxylic acids is 1. The lowest BCUT2D eigenvalue weighted by Gasteiger charge is -2.00. The van der Waals surface area contributed by atoms with Crippen molar-refractivity contribution < 1.29 is 9.90 Å². The van der Waals surface area contributed by atoms with Crippen molar-refractivity contribution in [2.24, 2.45) is 0 Å². The Labute approximate surface area is 117 Å². The maximum Gasteiger partial charge on any atom is 0.309 e. The van der Waals surface area contributed by atoms with E-state index >= 15 is 0 Å². The van der Waals surface area contributed by atoms with Gasteiger partial charge in [0.25, 0.3) is 0 Å². The van der Waals surface area contributed by atoms with E-state index in [0.717, 1.165) is 10.6 Å². The van der Waals surface area contributed by atoms with Crippen molar-refractivity contribution in [2.75, 3.05) is 0 Å². The van der Waals surface area contributed by atoms with Gasteiger partial charge in [0.2, 0.25) is 0 Å². The summed E-state index contributed by atoms with van der Waals surface area (Å²) in [6.07, 6.45) is -0.157. The summed E-state index contributed by atoms with van der Waals surface area (Å²) in [5.74, 6) is -0.939. The quantitative estimate of drug-likeness (QED) is 0.754. The van der Waals surface area contributed by atoms with Crippen molar-refractivity contribution in [3.63, 3.8) is 0 Å². The minimum absolute atomic E-state index is 0.157. The molecule has 0 saturated carbocycles. The zero-order valence-corrected chi connectivity index (χ0v) is 11.1. The van der Waals surface area contributed by atoms with Crippen LogP contribution in [0.5, 0.6) is 0 Å². The van der Waals surface area contributed by atoms with Crippen LogP contribution in [0.25, 0.3) is 16.2 Å². The van der Waals surface area contributed by atoms with Crippen molar-refractivity contribution in [1.82, 2.24) is 14.6 Å². The molecule has 19 heavy (non-hydrogen) atoms. The van der Waals surface area contributed by atoms with E-state index in [9.17, 15) is 4.79 Å². The molecule has 0 aliphatic carbocycles. The lowest BCUT2D eigenvalue weighted by molar-refractivity contribution is -0.136. The molecule has 3 rings (SSSR count). The molecule has 0 bridgehead atoms. The van der Waals surface area contributed by atoms with Crippen LogP contribution in [0.4, 0.5) is 0 Å². The molecule has 0 unspecified atom stereocenters. The van der Waals surface area contributed by atoms with Gasteiger partial charge in [-0.25, -0.2) is 9.50 Å². The SMILES string of the molecule is O=C(O)Cc1cc(Cl)n2nc(-c3cccs3)cc2n1. The van der Waals surface area contributed by atoms with Crippen molar-refractivity contribution >= 4 is 34.6 Å². The molecular formula is C12H8ClN3O2S. The first-order valence-electron chi connectivity index (χ1n) is 5.44. The Balaban J connectivity index is 2.12. The van der Waals surface area contributed by atoms with Crippen LogP contribution in [0, 0.1) is 0 Å². The third kappa shape index (κ3) is 2.32. The number of carboxylic acid groups (broad SMARTS) is 1. The molecule has 7 heteroatoms. The van der Waals surface area contributed by atoms with Crippen molar-refractivity contribution in [1.29, 1.82) is 0 Å². The second-order valence-electron chi connectivity index (χ2n) is 3.92. The Morgan fingerprint density at radius 2 is 2.32 bits per heavy atom. The number of carbonyl (C=O) groups is 1. The van der Waals surface area contributed by atoms with Crippen molar-refractivity contribution in [3.05, 3.63) is 40.5 Å². The molecular weight excluding hydrogens is 286 g/mol. The zero-order valence-electron chi connectivity index (χ0n) is 9.58. The molecule has 0 amide bonds. The fourth-order valence-electron chi connectivity index (χ4n) is 1.78. The Bertz CT molecular complexity index is 752. The largest absolute Gasteiger partial charge is 0.481 e. The molecule has 0 atom stereocenters. The number of fused-ring (bicyclic) bond motifs is 1. The molecule has 0 aliphatic rings. The summed E-state index contributed by atoms with van der Waals surface area (Å²) in [7, 11) is 0. The van der Waals surface area contributed by atoms with Gasteiger partial charge >= 0.3 is 5.97 Å². The number of thiophene rings is 1. The molecule has 0 spiro atoms. The molecule has 0 radical (unpaired) electrons. The topological polar surface area (TPSA) is 67.5 Å². The van der Waals surface area contributed by atoms with Gasteiger partial charge in [0.1, 0.15) is 10.8 Å². The third-order valence-corrected chi connectivity index (χ3v) is 3.70. The fraction of sp³-hybridized carbons (Fsp3) is 0.0833. The van der Waals surface area contributed by atoms with Gasteiger partial charge in [-0.15, -0.1) is 11.3 Å². The molecule has 0 aromatic carbocycles. The highest BCUT2D eigenvalue weighted by atomic mass is 35.5. The highest BCUT2D eigenvalue weighted by Crippen LogP contribution is 2.25. The number of aliphatic carboxylic acids is 1. The van der Waals surface area contributed by atoms with Crippen LogP contribution in [-0.4, -0.2) is 25.7 Å². The molecule has 0 saturated heterocycles. The highest BCUT2D eigenvalue weighted by molar-refractivity contribution is 7.13. The fourth-order valence-corrected chi connectivity index (χ4v) is 2.71. The molecule has 96 valence electrons. The van der Waals surface area contributed by atoms with E-state index in [1.54, 1.807) is 17.4 Å². The predicted octanol–water partition coefficient (Wildman–Crippen LogP) is 2.74. The van der Waals surface area contributed by atoms with Crippen molar-refractivity contribution in [3.8, 4) is 10.6 Å². The molecule has 0 aliphatic heterocycles. The van der Waals surface area contributed by atoms with Crippen LogP contribution in [0.15, 0.2) is 29.6 Å². The smallest absolute Gasteiger partial charge is 0.309 e. The molecule has 1 N–H and O–H groups in total. The summed E-state index contributed by atoms with van der Waals surface area (Å²) in [6.45, 7) is 0. The lowest BCUT2D eigenvalue weighted by atomic mass is 10.3. The van der Waals surface area contributed by atoms with E-state index in [1.165, 1.54) is 10.6 Å². The second-order valence-corrected chi connectivity index (χ2v) is 5.25. The summed E-state index contributed by atoms with van der Waals surface area (Å²) in [4.78, 5) is 16.0. The van der Waals surface area contributed by atoms with Gasteiger partial charge in [-0.05, 0) is 17.5 Å². The van der Waals surface area contributed by atoms with Crippen LogP contribution in [0.1, 0.15) is 5.69 Å². The van der Waals surface area contributed by atoms with Crippen LogP contribution >= 0.6 is 22.9 Å². The summed E-state index contributed by atoms with van der Waals surface area (Å²) in [6, 6.07) is 7.21. The van der Waals surface area contributed by atoms with Crippen LogP contribution in [0.3, 0.4) is 0 Å². The first-order chi connectivity index (χ1) is 9.13. The number of rotatable bonds is 3. The summed E-state index contributed by atoms with van der Waals surface area (Å²) in [5, 5.41) is 15.5. The normalized spacial score (nSPS) is 11.0. The standard InChI is InChI=1S/C12H8ClN3O2S/c13-10-4-7(5-12(17)18)14-11-6-8(15-16(10)11)9-2-1-3-19-9/h1-4,6H,5H2,(H,17,18). The summed E-state index contributed by atoms with van der Waals surface area (Å²) < 4.78 is 1.50. The maximum atomic E-state index is 10.7. The van der Waals surface area contributed by atoms with E-state index in [-0.39, 0.29) is 6.42 Å². The van der Waals surface area contributed by atoms with Crippen LogP contribution in [-0.2, 0) is 11.2 Å². The first kappa shape index (κ1) is 12.1. The number of nitrogens with zero attached hydrogens (tertiary/aromatic N) is 3. The second kappa shape index (κ2) is 4.64. The number of aromatic nitrogens is 3. The monoisotopic (exact) mass is 293 g/mol. The Hall–Kier alpha value is -1.92. The molecule has 3 aromatic rings. The van der Waals surface area contributed by atoms with E-state index in [2.05, 4.69) is 10.1 Å². The average molecular weight is 294 g/mol. The van der Waals surface area contributed by atoms with Gasteiger partial charge in [0, 0.05) is 6.07 Å². The highest BCUT2D eigenvalue weighted by Gasteiger charge is 2.11. The first-order valence-corrected chi connectivity index (χ1v) is 6.70. The minimum atomic E-state index is -0.939. The Morgan fingerprint density at radius 3 is 3.00 bits per heavy atom. The number of halogens is 1. The van der Waals surface area contributed by atoms with Gasteiger partial charge in [-0.3, -0.25) is 4.79 Å². The Morgan fingerprint density at radius 1 is 1.47 bits per heavy atom. The Kier molecular flexibility index (Phi) is 2.96.